The predicted molar refractivity (Wildman–Crippen MR) is 67.2 cm³/mol. The van der Waals surface area contributed by atoms with Gasteiger partial charge >= 0.3 is 5.82 Å². The second kappa shape index (κ2) is 6.41. The second-order valence-corrected chi connectivity index (χ2v) is 4.40. The first-order valence-corrected chi connectivity index (χ1v) is 6.00. The fourth-order valence-electron chi connectivity index (χ4n) is 1.24. The molecule has 7 nitrogen and oxygen atoms in total. The lowest BCUT2D eigenvalue weighted by atomic mass is 10.2. The van der Waals surface area contributed by atoms with E-state index in [9.17, 15) is 14.9 Å². The van der Waals surface area contributed by atoms with Crippen molar-refractivity contribution in [2.24, 2.45) is 0 Å². The molecule has 0 bridgehead atoms. The number of carbonyl (C=O) groups excluding carboxylic acids is 1. The van der Waals surface area contributed by atoms with Crippen molar-refractivity contribution in [3.8, 4) is 0 Å². The molecule has 1 amide bonds. The topological polar surface area (TPSA) is 105 Å². The Kier molecular flexibility index (Phi) is 5.17. The quantitative estimate of drug-likeness (QED) is 0.628. The molecular formula is C10H12BrN3O4. The lowest BCUT2D eigenvalue weighted by Gasteiger charge is -2.14. The number of nitrogens with zero attached hydrogens (tertiary/aromatic N) is 2. The van der Waals surface area contributed by atoms with Gasteiger partial charge < -0.3 is 20.5 Å². The predicted octanol–water partition coefficient (Wildman–Crippen LogP) is 1.25. The summed E-state index contributed by atoms with van der Waals surface area (Å²) in [5.41, 5.74) is 0.114. The lowest BCUT2D eigenvalue weighted by Crippen LogP contribution is -2.37. The van der Waals surface area contributed by atoms with Gasteiger partial charge in [-0.2, -0.15) is 0 Å². The van der Waals surface area contributed by atoms with Crippen molar-refractivity contribution in [3.05, 3.63) is 32.4 Å². The van der Waals surface area contributed by atoms with Crippen molar-refractivity contribution in [1.82, 2.24) is 10.3 Å². The highest BCUT2D eigenvalue weighted by molar-refractivity contribution is 9.10. The molecule has 0 fully saturated rings. The zero-order valence-electron chi connectivity index (χ0n) is 9.59. The summed E-state index contributed by atoms with van der Waals surface area (Å²) >= 11 is 3.11. The van der Waals surface area contributed by atoms with Gasteiger partial charge in [0.25, 0.3) is 5.91 Å². The van der Waals surface area contributed by atoms with Gasteiger partial charge in [0.15, 0.2) is 6.20 Å². The van der Waals surface area contributed by atoms with E-state index < -0.39 is 16.6 Å². The molecule has 0 aliphatic heterocycles. The summed E-state index contributed by atoms with van der Waals surface area (Å²) in [6, 6.07) is 0.709. The van der Waals surface area contributed by atoms with Gasteiger partial charge in [0, 0.05) is 6.07 Å². The van der Waals surface area contributed by atoms with Gasteiger partial charge in [-0.05, 0) is 32.3 Å². The zero-order chi connectivity index (χ0) is 13.7. The number of aromatic nitrogens is 1. The second-order valence-electron chi connectivity index (χ2n) is 3.54. The van der Waals surface area contributed by atoms with Crippen molar-refractivity contribution in [3.63, 3.8) is 0 Å². The number of nitrogens with one attached hydrogen (secondary N) is 1. The third kappa shape index (κ3) is 3.47. The molecule has 1 rings (SSSR count). The van der Waals surface area contributed by atoms with Crippen molar-refractivity contribution in [2.75, 3.05) is 6.61 Å². The molecule has 0 radical (unpaired) electrons. The van der Waals surface area contributed by atoms with Gasteiger partial charge in [-0.15, -0.1) is 0 Å². The minimum absolute atomic E-state index is 0.114. The van der Waals surface area contributed by atoms with Gasteiger partial charge in [0.1, 0.15) is 0 Å². The number of nitro groups is 1. The third-order valence-corrected chi connectivity index (χ3v) is 2.95. The van der Waals surface area contributed by atoms with E-state index in [2.05, 4.69) is 26.2 Å². The minimum Gasteiger partial charge on any atom is -0.394 e. The van der Waals surface area contributed by atoms with Crippen molar-refractivity contribution < 1.29 is 14.8 Å². The number of pyridine rings is 1. The molecule has 0 aromatic carbocycles. The van der Waals surface area contributed by atoms with Crippen LogP contribution in [-0.2, 0) is 0 Å². The summed E-state index contributed by atoms with van der Waals surface area (Å²) in [4.78, 5) is 25.3. The molecule has 8 heteroatoms. The summed E-state index contributed by atoms with van der Waals surface area (Å²) in [7, 11) is 0. The average molecular weight is 318 g/mol. The Hall–Kier alpha value is -1.54. The van der Waals surface area contributed by atoms with E-state index >= 15 is 0 Å². The molecule has 0 saturated heterocycles. The molecule has 0 unspecified atom stereocenters. The van der Waals surface area contributed by atoms with Crippen LogP contribution in [0.5, 0.6) is 0 Å². The van der Waals surface area contributed by atoms with E-state index in [-0.39, 0.29) is 18.2 Å². The highest BCUT2D eigenvalue weighted by Crippen LogP contribution is 2.19. The van der Waals surface area contributed by atoms with Crippen LogP contribution in [0.15, 0.2) is 16.7 Å². The standard InChI is InChI=1S/C10H12BrN3O4/c1-2-6(5-15)13-10(16)7-3-9(14(17)18)12-4-8(7)11/h3-4,6,15H,2,5H2,1H3,(H,13,16)/t6-/m1/s1. The largest absolute Gasteiger partial charge is 0.394 e. The van der Waals surface area contributed by atoms with E-state index in [4.69, 9.17) is 5.11 Å². The number of hydrogen-bond donors (Lipinski definition) is 2. The summed E-state index contributed by atoms with van der Waals surface area (Å²) in [6.07, 6.45) is 1.76. The van der Waals surface area contributed by atoms with Gasteiger partial charge in [-0.1, -0.05) is 6.92 Å². The fourth-order valence-corrected chi connectivity index (χ4v) is 1.64. The van der Waals surface area contributed by atoms with Crippen molar-refractivity contribution in [2.45, 2.75) is 19.4 Å². The lowest BCUT2D eigenvalue weighted by molar-refractivity contribution is -0.389. The maximum absolute atomic E-state index is 11.9. The Balaban J connectivity index is 2.97. The molecular weight excluding hydrogens is 306 g/mol. The molecule has 1 heterocycles. The number of halogens is 1. The summed E-state index contributed by atoms with van der Waals surface area (Å²) in [5.74, 6) is -0.895. The van der Waals surface area contributed by atoms with Crippen LogP contribution in [0.2, 0.25) is 0 Å². The van der Waals surface area contributed by atoms with Crippen molar-refractivity contribution >= 4 is 27.7 Å². The van der Waals surface area contributed by atoms with Crippen LogP contribution in [-0.4, -0.2) is 33.6 Å². The van der Waals surface area contributed by atoms with E-state index in [1.54, 1.807) is 0 Å². The van der Waals surface area contributed by atoms with Gasteiger partial charge in [-0.3, -0.25) is 4.79 Å². The molecule has 2 N–H and O–H groups in total. The zero-order valence-corrected chi connectivity index (χ0v) is 11.2. The molecule has 98 valence electrons. The Morgan fingerprint density at radius 2 is 2.39 bits per heavy atom. The first-order chi connectivity index (χ1) is 8.49. The van der Waals surface area contributed by atoms with E-state index in [1.165, 1.54) is 6.20 Å². The molecule has 1 aromatic rings. The summed E-state index contributed by atoms with van der Waals surface area (Å²) < 4.78 is 0.360. The molecule has 1 atom stereocenters. The van der Waals surface area contributed by atoms with E-state index in [0.717, 1.165) is 6.07 Å². The Morgan fingerprint density at radius 3 is 2.89 bits per heavy atom. The SMILES string of the molecule is CC[C@H](CO)NC(=O)c1cc([N+](=O)[O-])ncc1Br. The summed E-state index contributed by atoms with van der Waals surface area (Å²) in [6.45, 7) is 1.62. The smallest absolute Gasteiger partial charge is 0.364 e. The molecule has 0 spiro atoms. The number of carbonyl (C=O) groups is 1. The van der Waals surface area contributed by atoms with Crippen LogP contribution >= 0.6 is 15.9 Å². The Labute approximate surface area is 112 Å². The van der Waals surface area contributed by atoms with Crippen LogP contribution in [0, 0.1) is 10.1 Å². The first kappa shape index (κ1) is 14.5. The minimum atomic E-state index is -0.674. The molecule has 0 aliphatic carbocycles. The van der Waals surface area contributed by atoms with Crippen molar-refractivity contribution in [1.29, 1.82) is 0 Å². The average Bonchev–Trinajstić information content (AvgIpc) is 2.35. The maximum atomic E-state index is 11.9. The van der Waals surface area contributed by atoms with Crippen LogP contribution in [0.1, 0.15) is 23.7 Å². The Bertz CT molecular complexity index is 462. The number of hydrogen-bond acceptors (Lipinski definition) is 5. The number of aliphatic hydroxyl groups is 1. The van der Waals surface area contributed by atoms with E-state index in [0.29, 0.717) is 10.9 Å². The highest BCUT2D eigenvalue weighted by Gasteiger charge is 2.19. The third-order valence-electron chi connectivity index (χ3n) is 2.32. The van der Waals surface area contributed by atoms with Crippen LogP contribution in [0.4, 0.5) is 5.82 Å². The van der Waals surface area contributed by atoms with E-state index in [1.807, 2.05) is 6.92 Å². The first-order valence-electron chi connectivity index (χ1n) is 5.21. The molecule has 0 aliphatic rings. The van der Waals surface area contributed by atoms with Crippen LogP contribution in [0.25, 0.3) is 0 Å². The highest BCUT2D eigenvalue weighted by atomic mass is 79.9. The molecule has 0 saturated carbocycles. The van der Waals surface area contributed by atoms with Crippen LogP contribution < -0.4 is 5.32 Å². The number of amides is 1. The fraction of sp³-hybridized carbons (Fsp3) is 0.400. The number of aliphatic hydroxyl groups excluding tert-OH is 1. The van der Waals surface area contributed by atoms with Gasteiger partial charge in [0.2, 0.25) is 0 Å². The van der Waals surface area contributed by atoms with Gasteiger partial charge in [-0.25, -0.2) is 0 Å². The Morgan fingerprint density at radius 1 is 1.72 bits per heavy atom. The maximum Gasteiger partial charge on any atom is 0.364 e. The molecule has 1 aromatic heterocycles. The molecule has 18 heavy (non-hydrogen) atoms. The normalized spacial score (nSPS) is 11.9. The monoisotopic (exact) mass is 317 g/mol. The summed E-state index contributed by atoms with van der Waals surface area (Å²) in [5, 5.41) is 22.1. The number of rotatable bonds is 5. The van der Waals surface area contributed by atoms with Gasteiger partial charge in [0.05, 0.1) is 22.7 Å². The van der Waals surface area contributed by atoms with Crippen LogP contribution in [0.3, 0.4) is 0 Å².